The molecule has 0 unspecified atom stereocenters. The van der Waals surface area contributed by atoms with Crippen LogP contribution in [0.5, 0.6) is 0 Å². The summed E-state index contributed by atoms with van der Waals surface area (Å²) in [6.07, 6.45) is 5.33. The van der Waals surface area contributed by atoms with Gasteiger partial charge in [0.2, 0.25) is 11.8 Å². The van der Waals surface area contributed by atoms with Gasteiger partial charge in [-0.25, -0.2) is 0 Å². The molecule has 5 nitrogen and oxygen atoms in total. The zero-order valence-electron chi connectivity index (χ0n) is 19.7. The number of amides is 2. The molecule has 0 bridgehead atoms. The average Bonchev–Trinajstić information content (AvgIpc) is 3.22. The lowest BCUT2D eigenvalue weighted by Gasteiger charge is -2.28. The number of aryl methyl sites for hydroxylation is 1. The first kappa shape index (κ1) is 24.1. The minimum absolute atomic E-state index is 0.0490. The number of carbonyl (C=O) groups is 2. The SMILES string of the molecule is CC(C)CN(CC(=O)N(Cc1ccccc1)Cc1cccn1C)C(=O)C=Cc1ccccc1. The second-order valence-corrected chi connectivity index (χ2v) is 8.70. The van der Waals surface area contributed by atoms with Gasteiger partial charge in [0, 0.05) is 38.1 Å². The molecule has 172 valence electrons. The number of rotatable bonds is 10. The highest BCUT2D eigenvalue weighted by Crippen LogP contribution is 2.13. The maximum absolute atomic E-state index is 13.5. The van der Waals surface area contributed by atoms with Crippen molar-refractivity contribution < 1.29 is 9.59 Å². The highest BCUT2D eigenvalue weighted by molar-refractivity contribution is 5.94. The van der Waals surface area contributed by atoms with Crippen molar-refractivity contribution in [3.63, 3.8) is 0 Å². The van der Waals surface area contributed by atoms with Crippen LogP contribution in [0.15, 0.2) is 85.1 Å². The predicted molar refractivity (Wildman–Crippen MR) is 133 cm³/mol. The normalized spacial score (nSPS) is 11.2. The summed E-state index contributed by atoms with van der Waals surface area (Å²) in [6.45, 7) is 5.66. The molecule has 5 heteroatoms. The van der Waals surface area contributed by atoms with E-state index >= 15 is 0 Å². The van der Waals surface area contributed by atoms with E-state index in [9.17, 15) is 9.59 Å². The van der Waals surface area contributed by atoms with Gasteiger partial charge in [0.15, 0.2) is 0 Å². The maximum Gasteiger partial charge on any atom is 0.247 e. The monoisotopic (exact) mass is 443 g/mol. The van der Waals surface area contributed by atoms with Crippen LogP contribution in [0.1, 0.15) is 30.7 Å². The number of aromatic nitrogens is 1. The van der Waals surface area contributed by atoms with E-state index in [2.05, 4.69) is 13.8 Å². The predicted octanol–water partition coefficient (Wildman–Crippen LogP) is 4.75. The fourth-order valence-electron chi connectivity index (χ4n) is 3.67. The van der Waals surface area contributed by atoms with Gasteiger partial charge in [-0.3, -0.25) is 9.59 Å². The Balaban J connectivity index is 1.77. The maximum atomic E-state index is 13.5. The van der Waals surface area contributed by atoms with Gasteiger partial charge in [-0.05, 0) is 35.3 Å². The van der Waals surface area contributed by atoms with Crippen LogP contribution in [0, 0.1) is 5.92 Å². The Kier molecular flexibility index (Phi) is 8.64. The third-order valence-corrected chi connectivity index (χ3v) is 5.41. The fourth-order valence-corrected chi connectivity index (χ4v) is 3.67. The first-order chi connectivity index (χ1) is 15.9. The molecule has 33 heavy (non-hydrogen) atoms. The lowest BCUT2D eigenvalue weighted by Crippen LogP contribution is -2.43. The molecule has 0 atom stereocenters. The summed E-state index contributed by atoms with van der Waals surface area (Å²) in [6, 6.07) is 23.7. The molecule has 0 aliphatic carbocycles. The number of carbonyl (C=O) groups excluding carboxylic acids is 2. The van der Waals surface area contributed by atoms with Gasteiger partial charge in [0.25, 0.3) is 0 Å². The molecule has 0 saturated heterocycles. The second-order valence-electron chi connectivity index (χ2n) is 8.70. The van der Waals surface area contributed by atoms with E-state index in [1.54, 1.807) is 17.1 Å². The molecule has 2 amide bonds. The Morgan fingerprint density at radius 1 is 0.879 bits per heavy atom. The summed E-state index contributed by atoms with van der Waals surface area (Å²) in [7, 11) is 1.98. The average molecular weight is 444 g/mol. The van der Waals surface area contributed by atoms with E-state index in [0.717, 1.165) is 16.8 Å². The summed E-state index contributed by atoms with van der Waals surface area (Å²) < 4.78 is 2.02. The molecular formula is C28H33N3O2. The lowest BCUT2D eigenvalue weighted by molar-refractivity contribution is -0.139. The molecule has 2 aromatic carbocycles. The zero-order valence-corrected chi connectivity index (χ0v) is 19.7. The zero-order chi connectivity index (χ0) is 23.6. The summed E-state index contributed by atoms with van der Waals surface area (Å²) in [5, 5.41) is 0. The lowest BCUT2D eigenvalue weighted by atomic mass is 10.1. The topological polar surface area (TPSA) is 45.6 Å². The summed E-state index contributed by atoms with van der Waals surface area (Å²) in [5.41, 5.74) is 3.06. The van der Waals surface area contributed by atoms with E-state index in [4.69, 9.17) is 0 Å². The Morgan fingerprint density at radius 3 is 2.15 bits per heavy atom. The van der Waals surface area contributed by atoms with Crippen molar-refractivity contribution in [1.29, 1.82) is 0 Å². The third kappa shape index (κ3) is 7.49. The Hall–Kier alpha value is -3.60. The van der Waals surface area contributed by atoms with Crippen molar-refractivity contribution in [3.8, 4) is 0 Å². The molecule has 0 aliphatic rings. The minimum atomic E-state index is -0.153. The van der Waals surface area contributed by atoms with E-state index in [1.807, 2.05) is 95.5 Å². The van der Waals surface area contributed by atoms with E-state index in [-0.39, 0.29) is 24.3 Å². The quantitative estimate of drug-likeness (QED) is 0.425. The van der Waals surface area contributed by atoms with Gasteiger partial charge in [-0.1, -0.05) is 74.5 Å². The second kappa shape index (κ2) is 11.9. The van der Waals surface area contributed by atoms with Crippen molar-refractivity contribution in [2.24, 2.45) is 13.0 Å². The summed E-state index contributed by atoms with van der Waals surface area (Å²) in [4.78, 5) is 29.9. The number of nitrogens with zero attached hydrogens (tertiary/aromatic N) is 3. The van der Waals surface area contributed by atoms with Crippen molar-refractivity contribution in [2.75, 3.05) is 13.1 Å². The van der Waals surface area contributed by atoms with Gasteiger partial charge >= 0.3 is 0 Å². The van der Waals surface area contributed by atoms with Crippen LogP contribution in [0.3, 0.4) is 0 Å². The number of benzene rings is 2. The van der Waals surface area contributed by atoms with Crippen molar-refractivity contribution in [2.45, 2.75) is 26.9 Å². The molecule has 0 fully saturated rings. The Labute approximate surface area is 196 Å². The Morgan fingerprint density at radius 2 is 1.55 bits per heavy atom. The molecular weight excluding hydrogens is 410 g/mol. The van der Waals surface area contributed by atoms with Gasteiger partial charge < -0.3 is 14.4 Å². The van der Waals surface area contributed by atoms with Gasteiger partial charge in [0.05, 0.1) is 6.54 Å². The molecule has 0 radical (unpaired) electrons. The first-order valence-electron chi connectivity index (χ1n) is 11.4. The summed E-state index contributed by atoms with van der Waals surface area (Å²) in [5.74, 6) is 0.0314. The molecule has 3 aromatic rings. The molecule has 1 heterocycles. The molecule has 0 N–H and O–H groups in total. The highest BCUT2D eigenvalue weighted by Gasteiger charge is 2.22. The van der Waals surface area contributed by atoms with Gasteiger partial charge in [-0.15, -0.1) is 0 Å². The van der Waals surface area contributed by atoms with E-state index in [0.29, 0.717) is 19.6 Å². The number of hydrogen-bond acceptors (Lipinski definition) is 2. The molecule has 3 rings (SSSR count). The van der Waals surface area contributed by atoms with E-state index in [1.165, 1.54) is 0 Å². The Bertz CT molecular complexity index is 1060. The van der Waals surface area contributed by atoms with Crippen molar-refractivity contribution in [1.82, 2.24) is 14.4 Å². The van der Waals surface area contributed by atoms with Gasteiger partial charge in [-0.2, -0.15) is 0 Å². The minimum Gasteiger partial charge on any atom is -0.353 e. The highest BCUT2D eigenvalue weighted by atomic mass is 16.2. The third-order valence-electron chi connectivity index (χ3n) is 5.41. The first-order valence-corrected chi connectivity index (χ1v) is 11.4. The molecule has 0 spiro atoms. The van der Waals surface area contributed by atoms with Crippen LogP contribution in [0.25, 0.3) is 6.08 Å². The molecule has 0 aliphatic heterocycles. The number of hydrogen-bond donors (Lipinski definition) is 0. The van der Waals surface area contributed by atoms with E-state index < -0.39 is 0 Å². The van der Waals surface area contributed by atoms with Crippen LogP contribution in [-0.2, 0) is 29.7 Å². The fraction of sp³-hybridized carbons (Fsp3) is 0.286. The molecule has 0 saturated carbocycles. The summed E-state index contributed by atoms with van der Waals surface area (Å²) >= 11 is 0. The smallest absolute Gasteiger partial charge is 0.247 e. The van der Waals surface area contributed by atoms with Crippen LogP contribution in [-0.4, -0.2) is 39.3 Å². The molecule has 1 aromatic heterocycles. The van der Waals surface area contributed by atoms with Crippen molar-refractivity contribution >= 4 is 17.9 Å². The van der Waals surface area contributed by atoms with Crippen LogP contribution in [0.2, 0.25) is 0 Å². The largest absolute Gasteiger partial charge is 0.353 e. The van der Waals surface area contributed by atoms with Crippen LogP contribution in [0.4, 0.5) is 0 Å². The van der Waals surface area contributed by atoms with Crippen molar-refractivity contribution in [3.05, 3.63) is 102 Å². The standard InChI is InChI=1S/C28H33N3O2/c1-23(2)19-30(27(32)17-16-24-11-6-4-7-12-24)22-28(33)31(20-25-13-8-5-9-14-25)21-26-15-10-18-29(26)3/h4-18,23H,19-22H2,1-3H3. The van der Waals surface area contributed by atoms with Crippen LogP contribution < -0.4 is 0 Å². The van der Waals surface area contributed by atoms with Crippen LogP contribution >= 0.6 is 0 Å². The van der Waals surface area contributed by atoms with Gasteiger partial charge in [0.1, 0.15) is 6.54 Å².